The van der Waals surface area contributed by atoms with Crippen molar-refractivity contribution in [2.24, 2.45) is 0 Å². The molecule has 29 heavy (non-hydrogen) atoms. The summed E-state index contributed by atoms with van der Waals surface area (Å²) in [4.78, 5) is 23.8. The van der Waals surface area contributed by atoms with Crippen LogP contribution in [0.5, 0.6) is 11.5 Å². The molecule has 0 aliphatic carbocycles. The SMILES string of the molecule is Cc1ccc(OCC(=O)NNC(=O)COc2ccc(C(C)(C)C)cc2Br)c(Br)c1. The van der Waals surface area contributed by atoms with Crippen LogP contribution in [0.4, 0.5) is 0 Å². The average Bonchev–Trinajstić information content (AvgIpc) is 2.63. The van der Waals surface area contributed by atoms with Crippen LogP contribution in [0, 0.1) is 6.92 Å². The molecule has 0 aliphatic rings. The fourth-order valence-electron chi connectivity index (χ4n) is 2.31. The van der Waals surface area contributed by atoms with Crippen LogP contribution in [-0.4, -0.2) is 25.0 Å². The molecule has 6 nitrogen and oxygen atoms in total. The van der Waals surface area contributed by atoms with Gasteiger partial charge in [-0.05, 0) is 79.6 Å². The Morgan fingerprint density at radius 2 is 1.34 bits per heavy atom. The van der Waals surface area contributed by atoms with Crippen molar-refractivity contribution in [2.45, 2.75) is 33.1 Å². The molecule has 156 valence electrons. The Hall–Kier alpha value is -2.06. The number of carbonyl (C=O) groups is 2. The first kappa shape index (κ1) is 23.2. The molecule has 2 amide bonds. The van der Waals surface area contributed by atoms with Crippen molar-refractivity contribution in [3.05, 3.63) is 56.5 Å². The number of hydrazine groups is 1. The molecule has 0 radical (unpaired) electrons. The number of aryl methyl sites for hydroxylation is 1. The molecule has 0 aliphatic heterocycles. The maximum Gasteiger partial charge on any atom is 0.276 e. The number of benzene rings is 2. The van der Waals surface area contributed by atoms with E-state index in [2.05, 4.69) is 63.5 Å². The molecule has 0 saturated heterocycles. The highest BCUT2D eigenvalue weighted by Crippen LogP contribution is 2.31. The molecule has 0 spiro atoms. The second-order valence-electron chi connectivity index (χ2n) is 7.50. The van der Waals surface area contributed by atoms with Crippen LogP contribution in [0.1, 0.15) is 31.9 Å². The number of hydrogen-bond donors (Lipinski definition) is 2. The van der Waals surface area contributed by atoms with E-state index in [9.17, 15) is 9.59 Å². The Bertz CT molecular complexity index is 895. The van der Waals surface area contributed by atoms with Gasteiger partial charge in [0.1, 0.15) is 11.5 Å². The number of carbonyl (C=O) groups excluding carboxylic acids is 2. The standard InChI is InChI=1S/C21H24Br2N2O4/c1-13-5-7-17(15(22)9-13)28-11-19(26)24-25-20(27)12-29-18-8-6-14(10-16(18)23)21(2,3)4/h5-10H,11-12H2,1-4H3,(H,24,26)(H,25,27). The first-order valence-corrected chi connectivity index (χ1v) is 10.5. The predicted molar refractivity (Wildman–Crippen MR) is 119 cm³/mol. The Labute approximate surface area is 187 Å². The van der Waals surface area contributed by atoms with Crippen LogP contribution >= 0.6 is 31.9 Å². The minimum Gasteiger partial charge on any atom is -0.483 e. The fourth-order valence-corrected chi connectivity index (χ4v) is 3.41. The first-order chi connectivity index (χ1) is 13.6. The van der Waals surface area contributed by atoms with Crippen molar-refractivity contribution in [2.75, 3.05) is 13.2 Å². The summed E-state index contributed by atoms with van der Waals surface area (Å²) in [6, 6.07) is 11.3. The Kier molecular flexibility index (Phi) is 8.10. The van der Waals surface area contributed by atoms with E-state index in [0.29, 0.717) is 11.5 Å². The number of amides is 2. The monoisotopic (exact) mass is 526 g/mol. The molecule has 2 rings (SSSR count). The molecule has 2 aromatic carbocycles. The minimum absolute atomic E-state index is 0.0128. The third kappa shape index (κ3) is 7.36. The van der Waals surface area contributed by atoms with Crippen LogP contribution in [0.2, 0.25) is 0 Å². The molecule has 0 heterocycles. The highest BCUT2D eigenvalue weighted by molar-refractivity contribution is 9.10. The molecule has 0 aromatic heterocycles. The summed E-state index contributed by atoms with van der Waals surface area (Å²) in [6.07, 6.45) is 0. The molecule has 0 saturated carbocycles. The van der Waals surface area contributed by atoms with Crippen LogP contribution in [0.15, 0.2) is 45.3 Å². The number of halogens is 2. The smallest absolute Gasteiger partial charge is 0.276 e. The van der Waals surface area contributed by atoms with E-state index in [4.69, 9.17) is 9.47 Å². The average molecular weight is 528 g/mol. The zero-order chi connectivity index (χ0) is 21.6. The fraction of sp³-hybridized carbons (Fsp3) is 0.333. The van der Waals surface area contributed by atoms with Crippen molar-refractivity contribution in [3.63, 3.8) is 0 Å². The number of hydrogen-bond acceptors (Lipinski definition) is 4. The van der Waals surface area contributed by atoms with E-state index >= 15 is 0 Å². The lowest BCUT2D eigenvalue weighted by molar-refractivity contribution is -0.131. The van der Waals surface area contributed by atoms with Crippen LogP contribution in [0.25, 0.3) is 0 Å². The highest BCUT2D eigenvalue weighted by Gasteiger charge is 2.16. The molecule has 0 atom stereocenters. The Balaban J connectivity index is 1.76. The highest BCUT2D eigenvalue weighted by atomic mass is 79.9. The van der Waals surface area contributed by atoms with Gasteiger partial charge in [-0.2, -0.15) is 0 Å². The van der Waals surface area contributed by atoms with Crippen molar-refractivity contribution in [3.8, 4) is 11.5 Å². The van der Waals surface area contributed by atoms with Gasteiger partial charge in [0.25, 0.3) is 11.8 Å². The minimum atomic E-state index is -0.485. The number of rotatable bonds is 6. The summed E-state index contributed by atoms with van der Waals surface area (Å²) in [7, 11) is 0. The molecule has 2 N–H and O–H groups in total. The molecule has 0 bridgehead atoms. The van der Waals surface area contributed by atoms with Gasteiger partial charge in [-0.25, -0.2) is 0 Å². The summed E-state index contributed by atoms with van der Waals surface area (Å²) >= 11 is 6.83. The quantitative estimate of drug-likeness (QED) is 0.545. The zero-order valence-corrected chi connectivity index (χ0v) is 19.9. The van der Waals surface area contributed by atoms with Crippen molar-refractivity contribution in [1.29, 1.82) is 0 Å². The van der Waals surface area contributed by atoms with Gasteiger partial charge in [-0.15, -0.1) is 0 Å². The molecule has 8 heteroatoms. The molecule has 0 fully saturated rings. The number of nitrogens with one attached hydrogen (secondary N) is 2. The van der Waals surface area contributed by atoms with E-state index < -0.39 is 11.8 Å². The normalized spacial score (nSPS) is 11.0. The lowest BCUT2D eigenvalue weighted by atomic mass is 9.87. The maximum absolute atomic E-state index is 11.9. The van der Waals surface area contributed by atoms with Crippen LogP contribution in [0.3, 0.4) is 0 Å². The van der Waals surface area contributed by atoms with E-state index in [1.165, 1.54) is 0 Å². The largest absolute Gasteiger partial charge is 0.483 e. The van der Waals surface area contributed by atoms with Gasteiger partial charge < -0.3 is 9.47 Å². The second-order valence-corrected chi connectivity index (χ2v) is 9.21. The summed E-state index contributed by atoms with van der Waals surface area (Å²) in [5.41, 5.74) is 6.82. The summed E-state index contributed by atoms with van der Waals surface area (Å²) < 4.78 is 12.4. The zero-order valence-electron chi connectivity index (χ0n) is 16.8. The molecular formula is C21H24Br2N2O4. The van der Waals surface area contributed by atoms with Crippen LogP contribution < -0.4 is 20.3 Å². The number of ether oxygens (including phenoxy) is 2. The Morgan fingerprint density at radius 1 is 0.862 bits per heavy atom. The topological polar surface area (TPSA) is 76.7 Å². The van der Waals surface area contributed by atoms with E-state index in [0.717, 1.165) is 20.1 Å². The summed E-state index contributed by atoms with van der Waals surface area (Å²) in [5.74, 6) is 0.124. The third-order valence-corrected chi connectivity index (χ3v) is 5.18. The van der Waals surface area contributed by atoms with E-state index in [1.807, 2.05) is 37.3 Å². The van der Waals surface area contributed by atoms with Crippen molar-refractivity contribution >= 4 is 43.7 Å². The van der Waals surface area contributed by atoms with Gasteiger partial charge in [0, 0.05) is 0 Å². The third-order valence-electron chi connectivity index (χ3n) is 3.94. The lowest BCUT2D eigenvalue weighted by Gasteiger charge is -2.20. The van der Waals surface area contributed by atoms with Gasteiger partial charge in [0.2, 0.25) is 0 Å². The first-order valence-electron chi connectivity index (χ1n) is 8.95. The maximum atomic E-state index is 11.9. The summed E-state index contributed by atoms with van der Waals surface area (Å²) in [6.45, 7) is 7.84. The Morgan fingerprint density at radius 3 is 1.79 bits per heavy atom. The van der Waals surface area contributed by atoms with Gasteiger partial charge in [0.05, 0.1) is 8.95 Å². The lowest BCUT2D eigenvalue weighted by Crippen LogP contribution is -2.45. The van der Waals surface area contributed by atoms with Crippen molar-refractivity contribution < 1.29 is 19.1 Å². The van der Waals surface area contributed by atoms with Crippen molar-refractivity contribution in [1.82, 2.24) is 10.9 Å². The summed E-state index contributed by atoms with van der Waals surface area (Å²) in [5, 5.41) is 0. The van der Waals surface area contributed by atoms with E-state index in [1.54, 1.807) is 6.07 Å². The van der Waals surface area contributed by atoms with Gasteiger partial charge in [-0.1, -0.05) is 32.9 Å². The molecular weight excluding hydrogens is 504 g/mol. The van der Waals surface area contributed by atoms with E-state index in [-0.39, 0.29) is 18.6 Å². The second kappa shape index (κ2) is 10.1. The molecule has 0 unspecified atom stereocenters. The van der Waals surface area contributed by atoms with Gasteiger partial charge in [0.15, 0.2) is 13.2 Å². The van der Waals surface area contributed by atoms with Gasteiger partial charge in [-0.3, -0.25) is 20.4 Å². The predicted octanol–water partition coefficient (Wildman–Crippen LogP) is 4.42. The molecule has 2 aromatic rings. The van der Waals surface area contributed by atoms with Gasteiger partial charge >= 0.3 is 0 Å². The van der Waals surface area contributed by atoms with Crippen LogP contribution in [-0.2, 0) is 15.0 Å².